The molecule has 0 amide bonds. The predicted octanol–water partition coefficient (Wildman–Crippen LogP) is 4.16. The van der Waals surface area contributed by atoms with Gasteiger partial charge in [0.05, 0.1) is 16.2 Å². The number of para-hydroxylation sites is 1. The molecule has 1 aromatic heterocycles. The Kier molecular flexibility index (Phi) is 5.46. The highest BCUT2D eigenvalue weighted by atomic mass is 127. The number of rotatable bonds is 5. The lowest BCUT2D eigenvalue weighted by atomic mass is 10.2. The zero-order valence-electron chi connectivity index (χ0n) is 14.3. The number of ether oxygens (including phenoxy) is 1. The molecule has 0 atom stereocenters. The van der Waals surface area contributed by atoms with Gasteiger partial charge >= 0.3 is 0 Å². The van der Waals surface area contributed by atoms with Gasteiger partial charge < -0.3 is 14.9 Å². The molecule has 0 unspecified atom stereocenters. The highest BCUT2D eigenvalue weighted by molar-refractivity contribution is 14.1. The van der Waals surface area contributed by atoms with Gasteiger partial charge in [0, 0.05) is 6.54 Å². The SMILES string of the molecule is CCn1nc(/C=C/c2cc(I)c(O)c(OC)c2)nc1-c1ccccc1O. The summed E-state index contributed by atoms with van der Waals surface area (Å²) in [6.45, 7) is 2.61. The van der Waals surface area contributed by atoms with Gasteiger partial charge in [0.1, 0.15) is 5.75 Å². The molecular formula is C19H18IN3O3. The van der Waals surface area contributed by atoms with Crippen LogP contribution >= 0.6 is 22.6 Å². The van der Waals surface area contributed by atoms with E-state index >= 15 is 0 Å². The fourth-order valence-corrected chi connectivity index (χ4v) is 3.15. The van der Waals surface area contributed by atoms with Gasteiger partial charge in [-0.2, -0.15) is 5.10 Å². The number of hydrogen-bond acceptors (Lipinski definition) is 5. The van der Waals surface area contributed by atoms with Crippen molar-refractivity contribution in [3.8, 4) is 28.6 Å². The molecule has 7 heteroatoms. The van der Waals surface area contributed by atoms with Crippen molar-refractivity contribution >= 4 is 34.7 Å². The molecule has 0 bridgehead atoms. The number of aryl methyl sites for hydroxylation is 1. The van der Waals surface area contributed by atoms with Crippen molar-refractivity contribution < 1.29 is 14.9 Å². The van der Waals surface area contributed by atoms with Gasteiger partial charge in [-0.15, -0.1) is 0 Å². The van der Waals surface area contributed by atoms with Gasteiger partial charge in [0.25, 0.3) is 0 Å². The first-order chi connectivity index (χ1) is 12.5. The number of nitrogens with zero attached hydrogens (tertiary/aromatic N) is 3. The smallest absolute Gasteiger partial charge is 0.174 e. The standard InChI is InChI=1S/C19H18IN3O3/c1-3-23-19(13-6-4-5-7-15(13)24)21-17(22-23)9-8-12-10-14(20)18(25)16(11-12)26-2/h4-11,24-25H,3H2,1-2H3/b9-8+. The van der Waals surface area contributed by atoms with Crippen molar-refractivity contribution in [1.82, 2.24) is 14.8 Å². The van der Waals surface area contributed by atoms with Crippen molar-refractivity contribution in [1.29, 1.82) is 0 Å². The molecule has 0 aliphatic carbocycles. The minimum absolute atomic E-state index is 0.125. The number of phenolic OH excluding ortho intramolecular Hbond substituents is 2. The second-order valence-electron chi connectivity index (χ2n) is 5.51. The number of aromatic hydroxyl groups is 2. The van der Waals surface area contributed by atoms with E-state index in [1.54, 1.807) is 29.0 Å². The average molecular weight is 463 g/mol. The van der Waals surface area contributed by atoms with Crippen molar-refractivity contribution in [2.45, 2.75) is 13.5 Å². The van der Waals surface area contributed by atoms with Crippen LogP contribution in [0.25, 0.3) is 23.5 Å². The van der Waals surface area contributed by atoms with Crippen molar-refractivity contribution in [2.75, 3.05) is 7.11 Å². The second-order valence-corrected chi connectivity index (χ2v) is 6.68. The molecule has 0 fully saturated rings. The summed E-state index contributed by atoms with van der Waals surface area (Å²) in [6, 6.07) is 10.6. The zero-order valence-corrected chi connectivity index (χ0v) is 16.5. The Morgan fingerprint density at radius 1 is 1.19 bits per heavy atom. The molecule has 6 nitrogen and oxygen atoms in total. The van der Waals surface area contributed by atoms with E-state index in [1.807, 2.05) is 31.2 Å². The zero-order chi connectivity index (χ0) is 18.7. The van der Waals surface area contributed by atoms with Crippen molar-refractivity contribution in [3.05, 3.63) is 51.4 Å². The Morgan fingerprint density at radius 3 is 2.65 bits per heavy atom. The molecule has 0 aliphatic heterocycles. The molecule has 1 heterocycles. The van der Waals surface area contributed by atoms with E-state index in [1.165, 1.54) is 7.11 Å². The summed E-state index contributed by atoms with van der Waals surface area (Å²) in [6.07, 6.45) is 3.64. The lowest BCUT2D eigenvalue weighted by molar-refractivity contribution is 0.371. The predicted molar refractivity (Wildman–Crippen MR) is 109 cm³/mol. The van der Waals surface area contributed by atoms with Gasteiger partial charge in [0.15, 0.2) is 23.1 Å². The third-order valence-electron chi connectivity index (χ3n) is 3.83. The third-order valence-corrected chi connectivity index (χ3v) is 4.65. The Morgan fingerprint density at radius 2 is 1.96 bits per heavy atom. The lowest BCUT2D eigenvalue weighted by Crippen LogP contribution is -1.99. The summed E-state index contributed by atoms with van der Waals surface area (Å²) in [4.78, 5) is 4.53. The third kappa shape index (κ3) is 3.67. The van der Waals surface area contributed by atoms with E-state index in [2.05, 4.69) is 32.7 Å². The van der Waals surface area contributed by atoms with Gasteiger partial charge in [-0.25, -0.2) is 9.67 Å². The van der Waals surface area contributed by atoms with Gasteiger partial charge in [0.2, 0.25) is 0 Å². The minimum atomic E-state index is 0.125. The summed E-state index contributed by atoms with van der Waals surface area (Å²) >= 11 is 2.05. The molecule has 134 valence electrons. The Balaban J connectivity index is 1.95. The highest BCUT2D eigenvalue weighted by Crippen LogP contribution is 2.33. The Labute approximate surface area is 164 Å². The maximum atomic E-state index is 10.1. The van der Waals surface area contributed by atoms with Crippen LogP contribution in [0.1, 0.15) is 18.3 Å². The molecular weight excluding hydrogens is 445 g/mol. The number of benzene rings is 2. The van der Waals surface area contributed by atoms with Crippen LogP contribution in [0, 0.1) is 3.57 Å². The average Bonchev–Trinajstić information content (AvgIpc) is 3.06. The maximum absolute atomic E-state index is 10.1. The van der Waals surface area contributed by atoms with E-state index in [0.717, 1.165) is 5.56 Å². The first-order valence-electron chi connectivity index (χ1n) is 8.01. The summed E-state index contributed by atoms with van der Waals surface area (Å²) in [5.74, 6) is 1.86. The highest BCUT2D eigenvalue weighted by Gasteiger charge is 2.13. The summed E-state index contributed by atoms with van der Waals surface area (Å²) in [7, 11) is 1.52. The molecule has 3 aromatic rings. The molecule has 2 aromatic carbocycles. The summed E-state index contributed by atoms with van der Waals surface area (Å²) in [5, 5.41) is 24.5. The normalized spacial score (nSPS) is 11.2. The first-order valence-corrected chi connectivity index (χ1v) is 9.09. The quantitative estimate of drug-likeness (QED) is 0.556. The molecule has 0 radical (unpaired) electrons. The van der Waals surface area contributed by atoms with Crippen molar-refractivity contribution in [3.63, 3.8) is 0 Å². The van der Waals surface area contributed by atoms with Crippen LogP contribution in [0.4, 0.5) is 0 Å². The Hall–Kier alpha value is -2.55. The topological polar surface area (TPSA) is 80.4 Å². The van der Waals surface area contributed by atoms with Crippen LogP contribution in [-0.2, 0) is 6.54 Å². The fraction of sp³-hybridized carbons (Fsp3) is 0.158. The maximum Gasteiger partial charge on any atom is 0.174 e. The molecule has 3 rings (SSSR count). The van der Waals surface area contributed by atoms with E-state index < -0.39 is 0 Å². The van der Waals surface area contributed by atoms with Crippen LogP contribution in [0.5, 0.6) is 17.2 Å². The van der Waals surface area contributed by atoms with E-state index in [9.17, 15) is 10.2 Å². The van der Waals surface area contributed by atoms with E-state index in [4.69, 9.17) is 4.74 Å². The number of phenols is 2. The van der Waals surface area contributed by atoms with Crippen LogP contribution in [0.15, 0.2) is 36.4 Å². The van der Waals surface area contributed by atoms with Crippen LogP contribution < -0.4 is 4.74 Å². The van der Waals surface area contributed by atoms with Gasteiger partial charge in [-0.3, -0.25) is 0 Å². The number of hydrogen-bond donors (Lipinski definition) is 2. The largest absolute Gasteiger partial charge is 0.507 e. The molecule has 26 heavy (non-hydrogen) atoms. The Bertz CT molecular complexity index is 967. The number of methoxy groups -OCH3 is 1. The first kappa shape index (κ1) is 18.2. The summed E-state index contributed by atoms with van der Waals surface area (Å²) < 4.78 is 7.62. The molecule has 2 N–H and O–H groups in total. The number of aromatic nitrogens is 3. The van der Waals surface area contributed by atoms with Crippen molar-refractivity contribution in [2.24, 2.45) is 0 Å². The minimum Gasteiger partial charge on any atom is -0.507 e. The second kappa shape index (κ2) is 7.77. The van der Waals surface area contributed by atoms with Gasteiger partial charge in [-0.1, -0.05) is 18.2 Å². The van der Waals surface area contributed by atoms with Crippen LogP contribution in [-0.4, -0.2) is 32.1 Å². The monoisotopic (exact) mass is 463 g/mol. The fourth-order valence-electron chi connectivity index (χ4n) is 2.53. The van der Waals surface area contributed by atoms with E-state index in [-0.39, 0.29) is 11.5 Å². The molecule has 0 saturated carbocycles. The molecule has 0 spiro atoms. The van der Waals surface area contributed by atoms with E-state index in [0.29, 0.717) is 33.1 Å². The number of halogens is 1. The molecule has 0 saturated heterocycles. The lowest BCUT2D eigenvalue weighted by Gasteiger charge is -2.06. The van der Waals surface area contributed by atoms with Crippen LogP contribution in [0.3, 0.4) is 0 Å². The van der Waals surface area contributed by atoms with Crippen LogP contribution in [0.2, 0.25) is 0 Å². The summed E-state index contributed by atoms with van der Waals surface area (Å²) in [5.41, 5.74) is 1.50. The molecule has 0 aliphatic rings. The van der Waals surface area contributed by atoms with Gasteiger partial charge in [-0.05, 0) is 65.4 Å².